The Balaban J connectivity index is 1.39. The van der Waals surface area contributed by atoms with Crippen LogP contribution in [0.2, 0.25) is 0 Å². The maximum absolute atomic E-state index is 13.4. The van der Waals surface area contributed by atoms with E-state index in [-0.39, 0.29) is 17.9 Å². The van der Waals surface area contributed by atoms with Gasteiger partial charge in [-0.05, 0) is 78.4 Å². The van der Waals surface area contributed by atoms with Crippen LogP contribution < -0.4 is 5.32 Å². The van der Waals surface area contributed by atoms with E-state index in [1.807, 2.05) is 60.4 Å². The van der Waals surface area contributed by atoms with Crippen LogP contribution in [0.15, 0.2) is 54.9 Å². The molecule has 0 bridgehead atoms. The van der Waals surface area contributed by atoms with Crippen LogP contribution in [-0.2, 0) is 4.79 Å². The maximum Gasteiger partial charge on any atom is 0.254 e. The van der Waals surface area contributed by atoms with E-state index in [0.29, 0.717) is 17.2 Å². The van der Waals surface area contributed by atoms with Crippen molar-refractivity contribution in [3.05, 3.63) is 66.0 Å². The first-order chi connectivity index (χ1) is 15.6. The van der Waals surface area contributed by atoms with Crippen molar-refractivity contribution in [3.63, 3.8) is 0 Å². The van der Waals surface area contributed by atoms with Crippen LogP contribution in [-0.4, -0.2) is 49.0 Å². The van der Waals surface area contributed by atoms with Crippen LogP contribution in [0, 0.1) is 12.8 Å². The third kappa shape index (κ3) is 3.77. The highest BCUT2D eigenvalue weighted by atomic mass is 16.2. The molecule has 0 spiro atoms. The highest BCUT2D eigenvalue weighted by Gasteiger charge is 2.47. The lowest BCUT2D eigenvalue weighted by Gasteiger charge is -2.33. The van der Waals surface area contributed by atoms with Crippen LogP contribution in [0.1, 0.15) is 48.0 Å². The number of aryl methyl sites for hydroxylation is 1. The summed E-state index contributed by atoms with van der Waals surface area (Å²) in [6.45, 7) is 1.95. The third-order valence-electron chi connectivity index (χ3n) is 6.71. The van der Waals surface area contributed by atoms with Gasteiger partial charge in [0.15, 0.2) is 0 Å². The minimum atomic E-state index is -0.463. The Hall–Kier alpha value is -3.55. The van der Waals surface area contributed by atoms with Gasteiger partial charge in [-0.15, -0.1) is 5.10 Å². The second-order valence-electron chi connectivity index (χ2n) is 8.69. The zero-order valence-corrected chi connectivity index (χ0v) is 18.0. The molecule has 2 amide bonds. The molecule has 1 saturated heterocycles. The van der Waals surface area contributed by atoms with Crippen LogP contribution in [0.3, 0.4) is 0 Å². The number of carbonyl (C=O) groups is 2. The summed E-state index contributed by atoms with van der Waals surface area (Å²) in [4.78, 5) is 28.7. The monoisotopic (exact) mass is 430 g/mol. The molecule has 32 heavy (non-hydrogen) atoms. The van der Waals surface area contributed by atoms with Gasteiger partial charge in [0.05, 0.1) is 5.69 Å². The Morgan fingerprint density at radius 3 is 2.62 bits per heavy atom. The van der Waals surface area contributed by atoms with E-state index in [9.17, 15) is 9.59 Å². The van der Waals surface area contributed by atoms with E-state index in [4.69, 9.17) is 0 Å². The van der Waals surface area contributed by atoms with Gasteiger partial charge in [-0.1, -0.05) is 31.0 Å². The molecule has 2 heterocycles. The SMILES string of the molecule is Cc1cc(NC(=O)C2CC3CCCCC3N2C(=O)c2ccccc2)ccc1-n1cnnn1. The average Bonchev–Trinajstić information content (AvgIpc) is 3.47. The fourth-order valence-corrected chi connectivity index (χ4v) is 5.20. The molecule has 1 aromatic heterocycles. The summed E-state index contributed by atoms with van der Waals surface area (Å²) >= 11 is 0. The van der Waals surface area contributed by atoms with Gasteiger partial charge >= 0.3 is 0 Å². The number of aromatic nitrogens is 4. The Labute approximate surface area is 186 Å². The molecule has 1 aliphatic carbocycles. The maximum atomic E-state index is 13.4. The fraction of sp³-hybridized carbons (Fsp3) is 0.375. The minimum Gasteiger partial charge on any atom is -0.324 e. The molecular weight excluding hydrogens is 404 g/mol. The molecule has 2 fully saturated rings. The first-order valence-electron chi connectivity index (χ1n) is 11.1. The molecule has 1 saturated carbocycles. The smallest absolute Gasteiger partial charge is 0.254 e. The van der Waals surface area contributed by atoms with Gasteiger partial charge in [0.1, 0.15) is 12.4 Å². The number of benzene rings is 2. The fourth-order valence-electron chi connectivity index (χ4n) is 5.20. The topological polar surface area (TPSA) is 93.0 Å². The second-order valence-corrected chi connectivity index (χ2v) is 8.69. The molecule has 8 heteroatoms. The van der Waals surface area contributed by atoms with Crippen molar-refractivity contribution < 1.29 is 9.59 Å². The van der Waals surface area contributed by atoms with E-state index in [2.05, 4.69) is 20.8 Å². The van der Waals surface area contributed by atoms with Gasteiger partial charge < -0.3 is 10.2 Å². The first-order valence-corrected chi connectivity index (χ1v) is 11.1. The minimum absolute atomic E-state index is 0.0506. The third-order valence-corrected chi connectivity index (χ3v) is 6.71. The molecule has 1 N–H and O–H groups in total. The predicted molar refractivity (Wildman–Crippen MR) is 119 cm³/mol. The summed E-state index contributed by atoms with van der Waals surface area (Å²) in [6.07, 6.45) is 6.57. The lowest BCUT2D eigenvalue weighted by atomic mass is 9.84. The lowest BCUT2D eigenvalue weighted by Crippen LogP contribution is -2.47. The number of anilines is 1. The molecule has 164 valence electrons. The van der Waals surface area contributed by atoms with Gasteiger partial charge in [-0.2, -0.15) is 0 Å². The van der Waals surface area contributed by atoms with Gasteiger partial charge in [-0.3, -0.25) is 9.59 Å². The zero-order valence-electron chi connectivity index (χ0n) is 18.0. The number of nitrogens with one attached hydrogen (secondary N) is 1. The summed E-state index contributed by atoms with van der Waals surface area (Å²) in [7, 11) is 0. The quantitative estimate of drug-likeness (QED) is 0.685. The molecule has 2 aliphatic rings. The normalized spacial score (nSPS) is 22.4. The average molecular weight is 431 g/mol. The van der Waals surface area contributed by atoms with Crippen molar-refractivity contribution in [2.45, 2.75) is 51.1 Å². The van der Waals surface area contributed by atoms with Gasteiger partial charge in [-0.25, -0.2) is 4.68 Å². The molecule has 8 nitrogen and oxygen atoms in total. The number of carbonyl (C=O) groups excluding carboxylic acids is 2. The van der Waals surface area contributed by atoms with Crippen molar-refractivity contribution in [1.29, 1.82) is 0 Å². The number of hydrogen-bond acceptors (Lipinski definition) is 5. The van der Waals surface area contributed by atoms with Crippen LogP contribution in [0.5, 0.6) is 0 Å². The van der Waals surface area contributed by atoms with Crippen molar-refractivity contribution in [2.24, 2.45) is 5.92 Å². The Kier molecular flexibility index (Phi) is 5.43. The van der Waals surface area contributed by atoms with E-state index in [1.54, 1.807) is 4.68 Å². The van der Waals surface area contributed by atoms with Crippen molar-refractivity contribution >= 4 is 17.5 Å². The summed E-state index contributed by atoms with van der Waals surface area (Å²) in [5.74, 6) is 0.208. The number of hydrogen-bond donors (Lipinski definition) is 1. The molecule has 3 aromatic rings. The standard InChI is InChI=1S/C24H26N6O2/c1-16-13-19(11-12-20(16)29-15-25-27-28-29)26-23(31)22-14-18-9-5-6-10-21(18)30(22)24(32)17-7-3-2-4-8-17/h2-4,7-8,11-13,15,18,21-22H,5-6,9-10,14H2,1H3,(H,26,31). The largest absolute Gasteiger partial charge is 0.324 e. The van der Waals surface area contributed by atoms with Gasteiger partial charge in [0, 0.05) is 17.3 Å². The highest BCUT2D eigenvalue weighted by Crippen LogP contribution is 2.41. The number of tetrazole rings is 1. The number of nitrogens with zero attached hydrogens (tertiary/aromatic N) is 5. The zero-order chi connectivity index (χ0) is 22.1. The Morgan fingerprint density at radius 1 is 1.06 bits per heavy atom. The van der Waals surface area contributed by atoms with Crippen molar-refractivity contribution in [2.75, 3.05) is 5.32 Å². The van der Waals surface area contributed by atoms with Crippen LogP contribution in [0.4, 0.5) is 5.69 Å². The molecule has 3 unspecified atom stereocenters. The second kappa shape index (κ2) is 8.53. The van der Waals surface area contributed by atoms with Crippen molar-refractivity contribution in [3.8, 4) is 5.69 Å². The van der Waals surface area contributed by atoms with Gasteiger partial charge in [0.2, 0.25) is 5.91 Å². The summed E-state index contributed by atoms with van der Waals surface area (Å²) in [5, 5.41) is 14.3. The van der Waals surface area contributed by atoms with E-state index >= 15 is 0 Å². The predicted octanol–water partition coefficient (Wildman–Crippen LogP) is 3.38. The number of rotatable bonds is 4. The molecule has 2 aromatic carbocycles. The summed E-state index contributed by atoms with van der Waals surface area (Å²) in [5.41, 5.74) is 3.12. The lowest BCUT2D eigenvalue weighted by molar-refractivity contribution is -0.120. The van der Waals surface area contributed by atoms with Gasteiger partial charge in [0.25, 0.3) is 5.91 Å². The van der Waals surface area contributed by atoms with Crippen LogP contribution >= 0.6 is 0 Å². The molecular formula is C24H26N6O2. The highest BCUT2D eigenvalue weighted by molar-refractivity contribution is 6.02. The van der Waals surface area contributed by atoms with E-state index < -0.39 is 6.04 Å². The van der Waals surface area contributed by atoms with Crippen LogP contribution in [0.25, 0.3) is 5.69 Å². The van der Waals surface area contributed by atoms with E-state index in [0.717, 1.165) is 36.9 Å². The number of fused-ring (bicyclic) bond motifs is 1. The molecule has 5 rings (SSSR count). The Morgan fingerprint density at radius 2 is 1.88 bits per heavy atom. The Bertz CT molecular complexity index is 1110. The molecule has 0 radical (unpaired) electrons. The van der Waals surface area contributed by atoms with E-state index in [1.165, 1.54) is 12.7 Å². The molecule has 3 atom stereocenters. The first kappa shape index (κ1) is 20.4. The number of amides is 2. The molecule has 1 aliphatic heterocycles. The van der Waals surface area contributed by atoms with Crippen molar-refractivity contribution in [1.82, 2.24) is 25.1 Å². The number of likely N-dealkylation sites (tertiary alicyclic amines) is 1. The summed E-state index contributed by atoms with van der Waals surface area (Å²) < 4.78 is 1.59. The summed E-state index contributed by atoms with van der Waals surface area (Å²) in [6, 6.07) is 14.6.